The van der Waals surface area contributed by atoms with Crippen molar-refractivity contribution in [3.63, 3.8) is 0 Å². The third kappa shape index (κ3) is 1.98. The van der Waals surface area contributed by atoms with Crippen LogP contribution in [0, 0.1) is 0 Å². The molecule has 0 radical (unpaired) electrons. The zero-order chi connectivity index (χ0) is 6.78. The van der Waals surface area contributed by atoms with E-state index in [0.29, 0.717) is 3.82 Å². The van der Waals surface area contributed by atoms with Crippen LogP contribution in [0.4, 0.5) is 0 Å². The van der Waals surface area contributed by atoms with Gasteiger partial charge in [0.1, 0.15) is 0 Å². The maximum Gasteiger partial charge on any atom is 0.226 e. The summed E-state index contributed by atoms with van der Waals surface area (Å²) in [4.78, 5) is 0. The molecule has 0 spiro atoms. The lowest BCUT2D eigenvalue weighted by molar-refractivity contribution is 0.563. The van der Waals surface area contributed by atoms with E-state index in [1.54, 1.807) is 0 Å². The van der Waals surface area contributed by atoms with Crippen molar-refractivity contribution in [1.82, 2.24) is 3.82 Å². The van der Waals surface area contributed by atoms with Gasteiger partial charge in [-0.15, -0.1) is 3.82 Å². The third-order valence-corrected chi connectivity index (χ3v) is 2.88. The summed E-state index contributed by atoms with van der Waals surface area (Å²) < 4.78 is 21.7. The van der Waals surface area contributed by atoms with Crippen molar-refractivity contribution in [2.45, 2.75) is 6.92 Å². The standard InChI is InChI=1S/C3H8ClNO2S/c1-3-8(6,7)5(2)4/h3H2,1-2H3. The summed E-state index contributed by atoms with van der Waals surface area (Å²) in [6.07, 6.45) is 0. The SMILES string of the molecule is CCS(=O)(=O)N(C)Cl. The highest BCUT2D eigenvalue weighted by Gasteiger charge is 2.10. The Bertz CT molecular complexity index is 151. The van der Waals surface area contributed by atoms with Gasteiger partial charge in [-0.3, -0.25) is 0 Å². The molecule has 3 nitrogen and oxygen atoms in total. The number of hydrogen-bond donors (Lipinski definition) is 0. The topological polar surface area (TPSA) is 37.4 Å². The fraction of sp³-hybridized carbons (Fsp3) is 1.00. The first-order chi connectivity index (χ1) is 3.50. The Balaban J connectivity index is 4.17. The predicted octanol–water partition coefficient (Wildman–Crippen LogP) is 0.422. The van der Waals surface area contributed by atoms with Gasteiger partial charge >= 0.3 is 0 Å². The number of nitrogens with zero attached hydrogens (tertiary/aromatic N) is 1. The molecule has 0 unspecified atom stereocenters. The lowest BCUT2D eigenvalue weighted by atomic mass is 11.0. The van der Waals surface area contributed by atoms with Crippen LogP contribution in [0.1, 0.15) is 6.92 Å². The number of sulfonamides is 1. The molecule has 0 aliphatic carbocycles. The van der Waals surface area contributed by atoms with Crippen LogP contribution < -0.4 is 0 Å². The average Bonchev–Trinajstić information content (AvgIpc) is 1.67. The van der Waals surface area contributed by atoms with E-state index in [1.165, 1.54) is 14.0 Å². The van der Waals surface area contributed by atoms with Crippen molar-refractivity contribution in [3.05, 3.63) is 0 Å². The normalized spacial score (nSPS) is 12.5. The Morgan fingerprint density at radius 3 is 2.00 bits per heavy atom. The number of hydrogen-bond acceptors (Lipinski definition) is 2. The van der Waals surface area contributed by atoms with Crippen molar-refractivity contribution in [2.75, 3.05) is 12.8 Å². The van der Waals surface area contributed by atoms with E-state index in [2.05, 4.69) is 0 Å². The fourth-order valence-electron chi connectivity index (χ4n) is 0.178. The van der Waals surface area contributed by atoms with E-state index in [1.807, 2.05) is 0 Å². The van der Waals surface area contributed by atoms with Gasteiger partial charge in [-0.2, -0.15) is 0 Å². The molecule has 0 rings (SSSR count). The highest BCUT2D eigenvalue weighted by molar-refractivity contribution is 7.89. The van der Waals surface area contributed by atoms with Gasteiger partial charge in [0.15, 0.2) is 0 Å². The summed E-state index contributed by atoms with van der Waals surface area (Å²) in [5, 5.41) is 0. The van der Waals surface area contributed by atoms with E-state index in [4.69, 9.17) is 11.8 Å². The third-order valence-electron chi connectivity index (χ3n) is 0.748. The molecule has 0 aromatic rings. The minimum absolute atomic E-state index is 0.0486. The maximum absolute atomic E-state index is 10.5. The molecule has 0 saturated carbocycles. The molecule has 0 aliphatic heterocycles. The Kier molecular flexibility index (Phi) is 2.73. The smallest absolute Gasteiger partial charge is 0.211 e. The first-order valence-electron chi connectivity index (χ1n) is 2.13. The van der Waals surface area contributed by atoms with E-state index in [0.717, 1.165) is 0 Å². The summed E-state index contributed by atoms with van der Waals surface area (Å²) in [7, 11) is -1.85. The first-order valence-corrected chi connectivity index (χ1v) is 4.08. The summed E-state index contributed by atoms with van der Waals surface area (Å²) >= 11 is 5.11. The van der Waals surface area contributed by atoms with Gasteiger partial charge in [-0.1, -0.05) is 0 Å². The predicted molar refractivity (Wildman–Crippen MR) is 33.1 cm³/mol. The number of halogens is 1. The van der Waals surface area contributed by atoms with Crippen molar-refractivity contribution in [1.29, 1.82) is 0 Å². The Hall–Kier alpha value is 0.200. The van der Waals surface area contributed by atoms with Crippen molar-refractivity contribution in [2.24, 2.45) is 0 Å². The second-order valence-corrected chi connectivity index (χ2v) is 4.29. The van der Waals surface area contributed by atoms with Crippen LogP contribution in [0.5, 0.6) is 0 Å². The molecule has 0 aromatic heterocycles. The second kappa shape index (κ2) is 2.66. The van der Waals surface area contributed by atoms with Crippen LogP contribution in [-0.4, -0.2) is 25.0 Å². The van der Waals surface area contributed by atoms with Crippen molar-refractivity contribution in [3.8, 4) is 0 Å². The highest BCUT2D eigenvalue weighted by Crippen LogP contribution is 1.98. The zero-order valence-electron chi connectivity index (χ0n) is 4.76. The Morgan fingerprint density at radius 1 is 1.62 bits per heavy atom. The molecule has 0 atom stereocenters. The molecule has 0 bridgehead atoms. The van der Waals surface area contributed by atoms with E-state index in [-0.39, 0.29) is 5.75 Å². The van der Waals surface area contributed by atoms with Crippen LogP contribution in [0.15, 0.2) is 0 Å². The molecule has 0 amide bonds. The molecular weight excluding hydrogens is 150 g/mol. The average molecular weight is 158 g/mol. The van der Waals surface area contributed by atoms with Crippen LogP contribution in [0.25, 0.3) is 0 Å². The van der Waals surface area contributed by atoms with Crippen LogP contribution >= 0.6 is 11.8 Å². The number of rotatable bonds is 2. The summed E-state index contributed by atoms with van der Waals surface area (Å²) in [5.41, 5.74) is 0. The second-order valence-electron chi connectivity index (χ2n) is 1.29. The maximum atomic E-state index is 10.5. The van der Waals surface area contributed by atoms with E-state index >= 15 is 0 Å². The fourth-order valence-corrected chi connectivity index (χ4v) is 0.826. The monoisotopic (exact) mass is 157 g/mol. The summed E-state index contributed by atoms with van der Waals surface area (Å²) in [6.45, 7) is 1.54. The van der Waals surface area contributed by atoms with E-state index in [9.17, 15) is 8.42 Å². The Labute approximate surface area is 54.4 Å². The van der Waals surface area contributed by atoms with Gasteiger partial charge in [0.2, 0.25) is 10.0 Å². The molecule has 5 heteroatoms. The van der Waals surface area contributed by atoms with Gasteiger partial charge in [0.05, 0.1) is 5.75 Å². The first kappa shape index (κ1) is 8.20. The van der Waals surface area contributed by atoms with Crippen LogP contribution in [0.3, 0.4) is 0 Å². The summed E-state index contributed by atoms with van der Waals surface area (Å²) in [6, 6.07) is 0. The zero-order valence-corrected chi connectivity index (χ0v) is 6.33. The lowest BCUT2D eigenvalue weighted by Crippen LogP contribution is -2.18. The highest BCUT2D eigenvalue weighted by atomic mass is 35.5. The molecule has 8 heavy (non-hydrogen) atoms. The largest absolute Gasteiger partial charge is 0.226 e. The minimum atomic E-state index is -3.14. The lowest BCUT2D eigenvalue weighted by Gasteiger charge is -2.03. The van der Waals surface area contributed by atoms with Crippen LogP contribution in [-0.2, 0) is 10.0 Å². The van der Waals surface area contributed by atoms with Gasteiger partial charge in [0, 0.05) is 7.05 Å². The quantitative estimate of drug-likeness (QED) is 0.545. The molecule has 50 valence electrons. The molecular formula is C3H8ClNO2S. The molecule has 0 saturated heterocycles. The van der Waals surface area contributed by atoms with Crippen molar-refractivity contribution >= 4 is 21.8 Å². The molecule has 0 aliphatic rings. The van der Waals surface area contributed by atoms with Gasteiger partial charge in [-0.25, -0.2) is 8.42 Å². The van der Waals surface area contributed by atoms with E-state index < -0.39 is 10.0 Å². The molecule has 0 N–H and O–H groups in total. The molecule has 0 fully saturated rings. The summed E-state index contributed by atoms with van der Waals surface area (Å²) in [5.74, 6) is 0.0486. The van der Waals surface area contributed by atoms with Gasteiger partial charge < -0.3 is 0 Å². The van der Waals surface area contributed by atoms with Gasteiger partial charge in [-0.05, 0) is 18.7 Å². The van der Waals surface area contributed by atoms with Crippen LogP contribution in [0.2, 0.25) is 0 Å². The Morgan fingerprint density at radius 2 is 2.00 bits per heavy atom. The minimum Gasteiger partial charge on any atom is -0.211 e. The molecule has 0 heterocycles. The van der Waals surface area contributed by atoms with Crippen molar-refractivity contribution < 1.29 is 8.42 Å². The van der Waals surface area contributed by atoms with Gasteiger partial charge in [0.25, 0.3) is 0 Å². The molecule has 0 aromatic carbocycles.